The van der Waals surface area contributed by atoms with Gasteiger partial charge in [0, 0.05) is 30.9 Å². The van der Waals surface area contributed by atoms with Crippen LogP contribution in [0.3, 0.4) is 0 Å². The Hall–Kier alpha value is -3.22. The molecule has 0 radical (unpaired) electrons. The molecule has 1 aliphatic rings. The van der Waals surface area contributed by atoms with Crippen LogP contribution >= 0.6 is 0 Å². The first kappa shape index (κ1) is 19.1. The third kappa shape index (κ3) is 4.62. The summed E-state index contributed by atoms with van der Waals surface area (Å²) in [6.07, 6.45) is 4.69. The van der Waals surface area contributed by atoms with Crippen molar-refractivity contribution in [2.45, 2.75) is 25.8 Å². The summed E-state index contributed by atoms with van der Waals surface area (Å²) in [7, 11) is 0. The van der Waals surface area contributed by atoms with Gasteiger partial charge in [-0.05, 0) is 37.0 Å². The first-order valence-corrected chi connectivity index (χ1v) is 9.95. The van der Waals surface area contributed by atoms with Gasteiger partial charge in [0.25, 0.3) is 5.91 Å². The largest absolute Gasteiger partial charge is 0.371 e. The average molecular weight is 393 g/mol. The molecule has 150 valence electrons. The lowest BCUT2D eigenvalue weighted by Crippen LogP contribution is -2.33. The van der Waals surface area contributed by atoms with Crippen LogP contribution in [0.25, 0.3) is 0 Å². The van der Waals surface area contributed by atoms with Crippen molar-refractivity contribution in [3.8, 4) is 0 Å². The molecule has 29 heavy (non-hydrogen) atoms. The van der Waals surface area contributed by atoms with Gasteiger partial charge < -0.3 is 10.2 Å². The number of halogens is 1. The van der Waals surface area contributed by atoms with Gasteiger partial charge in [-0.15, -0.1) is 5.10 Å². The molecular formula is C22H24FN5O. The van der Waals surface area contributed by atoms with E-state index in [-0.39, 0.29) is 24.0 Å². The molecule has 1 amide bonds. The molecule has 6 nitrogen and oxygen atoms in total. The number of rotatable bonds is 7. The molecule has 0 fully saturated rings. The summed E-state index contributed by atoms with van der Waals surface area (Å²) in [4.78, 5) is 14.7. The molecule has 7 heteroatoms. The van der Waals surface area contributed by atoms with E-state index in [2.05, 4.69) is 44.8 Å². The van der Waals surface area contributed by atoms with Crippen molar-refractivity contribution in [3.05, 3.63) is 77.4 Å². The van der Waals surface area contributed by atoms with E-state index in [1.165, 1.54) is 22.0 Å². The van der Waals surface area contributed by atoms with Crippen molar-refractivity contribution in [1.29, 1.82) is 0 Å². The van der Waals surface area contributed by atoms with Crippen molar-refractivity contribution in [1.82, 2.24) is 20.3 Å². The number of hydrogen-bond donors (Lipinski definition) is 1. The monoisotopic (exact) mass is 393 g/mol. The maximum absolute atomic E-state index is 13.7. The van der Waals surface area contributed by atoms with Crippen molar-refractivity contribution >= 4 is 11.6 Å². The van der Waals surface area contributed by atoms with E-state index in [0.29, 0.717) is 12.1 Å². The molecule has 1 N–H and O–H groups in total. The Bertz CT molecular complexity index is 987. The number of fused-ring (bicyclic) bond motifs is 1. The zero-order valence-electron chi connectivity index (χ0n) is 16.2. The van der Waals surface area contributed by atoms with E-state index in [0.717, 1.165) is 32.4 Å². The molecule has 0 unspecified atom stereocenters. The highest BCUT2D eigenvalue weighted by molar-refractivity contribution is 5.91. The number of aromatic nitrogens is 3. The fraction of sp³-hybridized carbons (Fsp3) is 0.318. The number of carbonyl (C=O) groups is 1. The van der Waals surface area contributed by atoms with Gasteiger partial charge in [0.05, 0.1) is 12.7 Å². The van der Waals surface area contributed by atoms with Gasteiger partial charge in [0.15, 0.2) is 5.69 Å². The smallest absolute Gasteiger partial charge is 0.273 e. The van der Waals surface area contributed by atoms with Gasteiger partial charge in [0.2, 0.25) is 0 Å². The van der Waals surface area contributed by atoms with Crippen LogP contribution in [0.15, 0.2) is 54.7 Å². The Balaban J connectivity index is 1.26. The molecule has 1 aliphatic heterocycles. The molecule has 2 heterocycles. The van der Waals surface area contributed by atoms with Crippen LogP contribution in [0.1, 0.15) is 34.5 Å². The SMILES string of the molecule is O=C(NCCCN1CCCc2ccccc21)c1cn(Cc2ccccc2F)nn1. The molecule has 0 saturated heterocycles. The number of aryl methyl sites for hydroxylation is 1. The van der Waals surface area contributed by atoms with Crippen molar-refractivity contribution < 1.29 is 9.18 Å². The lowest BCUT2D eigenvalue weighted by atomic mass is 10.0. The predicted octanol–water partition coefficient (Wildman–Crippen LogP) is 3.04. The molecule has 0 saturated carbocycles. The van der Waals surface area contributed by atoms with Crippen LogP contribution in [0, 0.1) is 5.82 Å². The molecule has 0 atom stereocenters. The third-order valence-corrected chi connectivity index (χ3v) is 5.16. The first-order valence-electron chi connectivity index (χ1n) is 9.95. The number of para-hydroxylation sites is 1. The minimum atomic E-state index is -0.298. The summed E-state index contributed by atoms with van der Waals surface area (Å²) in [5.41, 5.74) is 3.45. The van der Waals surface area contributed by atoms with Gasteiger partial charge in [-0.25, -0.2) is 9.07 Å². The van der Waals surface area contributed by atoms with Crippen LogP contribution in [0.4, 0.5) is 10.1 Å². The minimum absolute atomic E-state index is 0.237. The summed E-state index contributed by atoms with van der Waals surface area (Å²) in [5, 5.41) is 10.7. The molecule has 0 bridgehead atoms. The van der Waals surface area contributed by atoms with E-state index >= 15 is 0 Å². The topological polar surface area (TPSA) is 63.1 Å². The second kappa shape index (κ2) is 8.86. The zero-order chi connectivity index (χ0) is 20.1. The van der Waals surface area contributed by atoms with Crippen molar-refractivity contribution in [3.63, 3.8) is 0 Å². The van der Waals surface area contributed by atoms with Crippen molar-refractivity contribution in [2.24, 2.45) is 0 Å². The second-order valence-corrected chi connectivity index (χ2v) is 7.22. The highest BCUT2D eigenvalue weighted by Gasteiger charge is 2.16. The number of nitrogens with zero attached hydrogens (tertiary/aromatic N) is 4. The number of anilines is 1. The lowest BCUT2D eigenvalue weighted by molar-refractivity contribution is 0.0948. The van der Waals surface area contributed by atoms with Gasteiger partial charge in [-0.2, -0.15) is 0 Å². The summed E-state index contributed by atoms with van der Waals surface area (Å²) < 4.78 is 15.2. The van der Waals surface area contributed by atoms with E-state index in [1.807, 2.05) is 0 Å². The van der Waals surface area contributed by atoms with Crippen molar-refractivity contribution in [2.75, 3.05) is 24.5 Å². The second-order valence-electron chi connectivity index (χ2n) is 7.22. The maximum atomic E-state index is 13.7. The zero-order valence-corrected chi connectivity index (χ0v) is 16.2. The van der Waals surface area contributed by atoms with E-state index < -0.39 is 0 Å². The Labute approximate surface area is 169 Å². The molecular weight excluding hydrogens is 369 g/mol. The first-order chi connectivity index (χ1) is 14.2. The normalized spacial score (nSPS) is 13.2. The summed E-state index contributed by atoms with van der Waals surface area (Å²) in [5.74, 6) is -0.558. The Morgan fingerprint density at radius 3 is 2.86 bits per heavy atom. The summed E-state index contributed by atoms with van der Waals surface area (Å²) >= 11 is 0. The van der Waals surface area contributed by atoms with Crippen LogP contribution in [0.2, 0.25) is 0 Å². The highest BCUT2D eigenvalue weighted by atomic mass is 19.1. The Morgan fingerprint density at radius 2 is 1.97 bits per heavy atom. The van der Waals surface area contributed by atoms with Gasteiger partial charge in [-0.3, -0.25) is 4.79 Å². The molecule has 3 aromatic rings. The Kier molecular flexibility index (Phi) is 5.84. The fourth-order valence-corrected chi connectivity index (χ4v) is 3.69. The van der Waals surface area contributed by atoms with E-state index in [4.69, 9.17) is 0 Å². The van der Waals surface area contributed by atoms with Crippen LogP contribution in [0.5, 0.6) is 0 Å². The highest BCUT2D eigenvalue weighted by Crippen LogP contribution is 2.26. The maximum Gasteiger partial charge on any atom is 0.273 e. The van der Waals surface area contributed by atoms with Gasteiger partial charge in [0.1, 0.15) is 5.82 Å². The minimum Gasteiger partial charge on any atom is -0.371 e. The van der Waals surface area contributed by atoms with Gasteiger partial charge >= 0.3 is 0 Å². The number of nitrogens with one attached hydrogen (secondary N) is 1. The number of amides is 1. The van der Waals surface area contributed by atoms with Crippen LogP contribution in [-0.4, -0.2) is 40.5 Å². The Morgan fingerprint density at radius 1 is 1.14 bits per heavy atom. The van der Waals surface area contributed by atoms with E-state index in [9.17, 15) is 9.18 Å². The molecule has 0 spiro atoms. The fourth-order valence-electron chi connectivity index (χ4n) is 3.69. The van der Waals surface area contributed by atoms with Gasteiger partial charge in [-0.1, -0.05) is 41.6 Å². The third-order valence-electron chi connectivity index (χ3n) is 5.16. The average Bonchev–Trinajstić information content (AvgIpc) is 3.21. The summed E-state index contributed by atoms with van der Waals surface area (Å²) in [6, 6.07) is 15.0. The summed E-state index contributed by atoms with van der Waals surface area (Å²) in [6.45, 7) is 2.76. The molecule has 0 aliphatic carbocycles. The van der Waals surface area contributed by atoms with Crippen LogP contribution < -0.4 is 10.2 Å². The molecule has 1 aromatic heterocycles. The number of carbonyl (C=O) groups excluding carboxylic acids is 1. The van der Waals surface area contributed by atoms with Crippen LogP contribution in [-0.2, 0) is 13.0 Å². The number of hydrogen-bond acceptors (Lipinski definition) is 4. The standard InChI is InChI=1S/C22H24FN5O/c23-19-10-3-1-8-18(19)15-28-16-20(25-26-28)22(29)24-12-6-14-27-13-5-9-17-7-2-4-11-21(17)27/h1-4,7-8,10-11,16H,5-6,9,12-15H2,(H,24,29). The lowest BCUT2D eigenvalue weighted by Gasteiger charge is -2.31. The number of benzene rings is 2. The van der Waals surface area contributed by atoms with E-state index in [1.54, 1.807) is 24.4 Å². The molecule has 4 rings (SSSR count). The quantitative estimate of drug-likeness (QED) is 0.627. The predicted molar refractivity (Wildman–Crippen MR) is 109 cm³/mol. The molecule has 2 aromatic carbocycles.